The summed E-state index contributed by atoms with van der Waals surface area (Å²) >= 11 is 0. The molecule has 0 bridgehead atoms. The van der Waals surface area contributed by atoms with E-state index in [1.165, 1.54) is 19.1 Å². The molecule has 5 heteroatoms. The van der Waals surface area contributed by atoms with Gasteiger partial charge in [-0.25, -0.2) is 8.78 Å². The van der Waals surface area contributed by atoms with Crippen molar-refractivity contribution in [2.24, 2.45) is 0 Å². The summed E-state index contributed by atoms with van der Waals surface area (Å²) in [6, 6.07) is 10.9. The molecule has 0 saturated heterocycles. The van der Waals surface area contributed by atoms with Gasteiger partial charge in [0, 0.05) is 37.3 Å². The Morgan fingerprint density at radius 1 is 1.05 bits per heavy atom. The second kappa shape index (κ2) is 6.95. The van der Waals surface area contributed by atoms with Gasteiger partial charge in [0.25, 0.3) is 0 Å². The zero-order valence-corrected chi connectivity index (χ0v) is 11.6. The lowest BCUT2D eigenvalue weighted by molar-refractivity contribution is -0.114. The first-order valence-corrected chi connectivity index (χ1v) is 6.56. The van der Waals surface area contributed by atoms with Crippen LogP contribution in [-0.2, 0) is 17.9 Å². The highest BCUT2D eigenvalue weighted by atomic mass is 19.1. The molecule has 1 amide bonds. The molecule has 0 aromatic heterocycles. The van der Waals surface area contributed by atoms with Gasteiger partial charge in [0.15, 0.2) is 0 Å². The van der Waals surface area contributed by atoms with Crippen molar-refractivity contribution in [1.82, 2.24) is 5.32 Å². The van der Waals surface area contributed by atoms with Gasteiger partial charge in [-0.15, -0.1) is 0 Å². The average Bonchev–Trinajstić information content (AvgIpc) is 2.42. The fourth-order valence-electron chi connectivity index (χ4n) is 1.92. The van der Waals surface area contributed by atoms with Crippen LogP contribution >= 0.6 is 0 Å². The molecule has 0 aliphatic heterocycles. The Morgan fingerprint density at radius 2 is 1.76 bits per heavy atom. The van der Waals surface area contributed by atoms with E-state index in [1.54, 1.807) is 12.1 Å². The minimum absolute atomic E-state index is 0.118. The van der Waals surface area contributed by atoms with Crippen LogP contribution < -0.4 is 10.6 Å². The molecule has 0 saturated carbocycles. The number of nitrogens with one attached hydrogen (secondary N) is 2. The van der Waals surface area contributed by atoms with E-state index in [-0.39, 0.29) is 5.91 Å². The Kier molecular flexibility index (Phi) is 5.00. The zero-order valence-electron chi connectivity index (χ0n) is 11.6. The summed E-state index contributed by atoms with van der Waals surface area (Å²) < 4.78 is 26.2. The molecular weight excluding hydrogens is 274 g/mol. The molecule has 0 fully saturated rings. The molecule has 0 heterocycles. The Labute approximate surface area is 122 Å². The summed E-state index contributed by atoms with van der Waals surface area (Å²) in [5.74, 6) is -1.25. The SMILES string of the molecule is CC(=O)Nc1ccc(CNCc2ccc(F)cc2F)cc1. The van der Waals surface area contributed by atoms with E-state index < -0.39 is 11.6 Å². The highest BCUT2D eigenvalue weighted by Gasteiger charge is 2.03. The first-order valence-electron chi connectivity index (χ1n) is 6.56. The van der Waals surface area contributed by atoms with Gasteiger partial charge in [-0.3, -0.25) is 4.79 Å². The summed E-state index contributed by atoms with van der Waals surface area (Å²) in [4.78, 5) is 10.9. The van der Waals surface area contributed by atoms with E-state index in [2.05, 4.69) is 10.6 Å². The third kappa shape index (κ3) is 4.65. The molecule has 0 aliphatic carbocycles. The summed E-state index contributed by atoms with van der Waals surface area (Å²) in [5.41, 5.74) is 2.16. The van der Waals surface area contributed by atoms with Crippen LogP contribution in [0.25, 0.3) is 0 Å². The molecule has 0 spiro atoms. The first-order chi connectivity index (χ1) is 10.0. The largest absolute Gasteiger partial charge is 0.326 e. The number of hydrogen-bond donors (Lipinski definition) is 2. The predicted molar refractivity (Wildman–Crippen MR) is 77.6 cm³/mol. The van der Waals surface area contributed by atoms with Crippen molar-refractivity contribution in [3.63, 3.8) is 0 Å². The molecule has 21 heavy (non-hydrogen) atoms. The lowest BCUT2D eigenvalue weighted by atomic mass is 10.2. The Balaban J connectivity index is 1.87. The van der Waals surface area contributed by atoms with Crippen LogP contribution in [0, 0.1) is 11.6 Å². The van der Waals surface area contributed by atoms with Gasteiger partial charge in [0.05, 0.1) is 0 Å². The number of benzene rings is 2. The molecule has 0 radical (unpaired) electrons. The first kappa shape index (κ1) is 15.1. The molecule has 0 aliphatic rings. The quantitative estimate of drug-likeness (QED) is 0.887. The van der Waals surface area contributed by atoms with E-state index >= 15 is 0 Å². The molecule has 2 aromatic carbocycles. The van der Waals surface area contributed by atoms with E-state index in [4.69, 9.17) is 0 Å². The smallest absolute Gasteiger partial charge is 0.221 e. The Bertz CT molecular complexity index is 627. The molecule has 2 aromatic rings. The van der Waals surface area contributed by atoms with Gasteiger partial charge >= 0.3 is 0 Å². The van der Waals surface area contributed by atoms with Crippen LogP contribution in [0.2, 0.25) is 0 Å². The van der Waals surface area contributed by atoms with E-state index in [0.29, 0.717) is 18.7 Å². The predicted octanol–water partition coefficient (Wildman–Crippen LogP) is 3.21. The van der Waals surface area contributed by atoms with E-state index in [0.717, 1.165) is 17.3 Å². The topological polar surface area (TPSA) is 41.1 Å². The maximum atomic E-state index is 13.4. The number of carbonyl (C=O) groups is 1. The van der Waals surface area contributed by atoms with Crippen LogP contribution in [0.15, 0.2) is 42.5 Å². The number of anilines is 1. The van der Waals surface area contributed by atoms with Gasteiger partial charge in [-0.05, 0) is 23.8 Å². The van der Waals surface area contributed by atoms with E-state index in [1.807, 2.05) is 12.1 Å². The minimum atomic E-state index is -0.579. The van der Waals surface area contributed by atoms with Gasteiger partial charge in [-0.1, -0.05) is 18.2 Å². The Hall–Kier alpha value is -2.27. The fraction of sp³-hybridized carbons (Fsp3) is 0.188. The molecule has 0 atom stereocenters. The monoisotopic (exact) mass is 290 g/mol. The highest BCUT2D eigenvalue weighted by molar-refractivity contribution is 5.88. The van der Waals surface area contributed by atoms with Crippen molar-refractivity contribution in [2.45, 2.75) is 20.0 Å². The summed E-state index contributed by atoms with van der Waals surface area (Å²) in [6.07, 6.45) is 0. The summed E-state index contributed by atoms with van der Waals surface area (Å²) in [7, 11) is 0. The van der Waals surface area contributed by atoms with Gasteiger partial charge in [0.2, 0.25) is 5.91 Å². The van der Waals surface area contributed by atoms with Crippen molar-refractivity contribution in [1.29, 1.82) is 0 Å². The lowest BCUT2D eigenvalue weighted by Crippen LogP contribution is -2.14. The van der Waals surface area contributed by atoms with Gasteiger partial charge in [0.1, 0.15) is 11.6 Å². The van der Waals surface area contributed by atoms with Crippen molar-refractivity contribution in [3.05, 3.63) is 65.2 Å². The molecule has 3 nitrogen and oxygen atoms in total. The molecule has 2 rings (SSSR count). The maximum Gasteiger partial charge on any atom is 0.221 e. The minimum Gasteiger partial charge on any atom is -0.326 e. The normalized spacial score (nSPS) is 10.4. The molecule has 110 valence electrons. The lowest BCUT2D eigenvalue weighted by Gasteiger charge is -2.07. The van der Waals surface area contributed by atoms with Crippen LogP contribution in [0.5, 0.6) is 0 Å². The highest BCUT2D eigenvalue weighted by Crippen LogP contribution is 2.11. The number of amides is 1. The number of carbonyl (C=O) groups excluding carboxylic acids is 1. The summed E-state index contributed by atoms with van der Waals surface area (Å²) in [5, 5.41) is 5.77. The second-order valence-corrected chi connectivity index (χ2v) is 4.72. The summed E-state index contributed by atoms with van der Waals surface area (Å²) in [6.45, 7) is 2.32. The van der Waals surface area contributed by atoms with Crippen LogP contribution in [0.1, 0.15) is 18.1 Å². The number of hydrogen-bond acceptors (Lipinski definition) is 2. The fourth-order valence-corrected chi connectivity index (χ4v) is 1.92. The van der Waals surface area contributed by atoms with Crippen molar-refractivity contribution in [3.8, 4) is 0 Å². The van der Waals surface area contributed by atoms with Crippen LogP contribution in [0.4, 0.5) is 14.5 Å². The average molecular weight is 290 g/mol. The van der Waals surface area contributed by atoms with Gasteiger partial charge in [-0.2, -0.15) is 0 Å². The third-order valence-corrected chi connectivity index (χ3v) is 2.93. The number of rotatable bonds is 5. The standard InChI is InChI=1S/C16H16F2N2O/c1-11(21)20-15-6-2-12(3-7-15)9-19-10-13-4-5-14(17)8-16(13)18/h2-8,19H,9-10H2,1H3,(H,20,21). The molecule has 2 N–H and O–H groups in total. The molecular formula is C16H16F2N2O. The van der Waals surface area contributed by atoms with Crippen LogP contribution in [0.3, 0.4) is 0 Å². The van der Waals surface area contributed by atoms with Crippen molar-refractivity contribution >= 4 is 11.6 Å². The maximum absolute atomic E-state index is 13.4. The van der Waals surface area contributed by atoms with E-state index in [9.17, 15) is 13.6 Å². The van der Waals surface area contributed by atoms with Crippen LogP contribution in [-0.4, -0.2) is 5.91 Å². The van der Waals surface area contributed by atoms with Crippen molar-refractivity contribution < 1.29 is 13.6 Å². The number of halogens is 2. The second-order valence-electron chi connectivity index (χ2n) is 4.72. The Morgan fingerprint density at radius 3 is 2.38 bits per heavy atom. The third-order valence-electron chi connectivity index (χ3n) is 2.93. The molecule has 0 unspecified atom stereocenters. The zero-order chi connectivity index (χ0) is 15.2. The van der Waals surface area contributed by atoms with Crippen molar-refractivity contribution in [2.75, 3.05) is 5.32 Å². The van der Waals surface area contributed by atoms with Gasteiger partial charge < -0.3 is 10.6 Å².